The molecular weight excluding hydrogens is 439 g/mol. The standard InChI is InChI=1S/C20H15FN6O2S2/c1-30-19-26-25-18(31-19)27-13-3-2-4-14(28)15(13)20(11(8-22)16(27)23)10-7-9(21)5-6-12(10)24-17(20)29/h5-7H,2-4,23H2,1H3,(H,24,29). The summed E-state index contributed by atoms with van der Waals surface area (Å²) in [7, 11) is 0. The van der Waals surface area contributed by atoms with Gasteiger partial charge in [0, 0.05) is 28.9 Å². The van der Waals surface area contributed by atoms with Crippen molar-refractivity contribution in [2.24, 2.45) is 5.73 Å². The Hall–Kier alpha value is -3.23. The Labute approximate surface area is 184 Å². The van der Waals surface area contributed by atoms with Crippen LogP contribution in [0, 0.1) is 17.1 Å². The number of carbonyl (C=O) groups excluding carboxylic acids is 2. The van der Waals surface area contributed by atoms with Crippen LogP contribution in [-0.2, 0) is 15.0 Å². The molecule has 2 aliphatic heterocycles. The molecule has 0 radical (unpaired) electrons. The van der Waals surface area contributed by atoms with Gasteiger partial charge in [-0.2, -0.15) is 5.26 Å². The molecule has 3 N–H and O–H groups in total. The second kappa shape index (κ2) is 6.90. The molecule has 1 atom stereocenters. The highest BCUT2D eigenvalue weighted by atomic mass is 32.2. The van der Waals surface area contributed by atoms with Crippen LogP contribution in [0.3, 0.4) is 0 Å². The number of amides is 1. The summed E-state index contributed by atoms with van der Waals surface area (Å²) in [6.07, 6.45) is 3.09. The van der Waals surface area contributed by atoms with Gasteiger partial charge in [0.2, 0.25) is 11.0 Å². The number of rotatable bonds is 2. The van der Waals surface area contributed by atoms with E-state index in [1.54, 1.807) is 4.90 Å². The van der Waals surface area contributed by atoms with Crippen molar-refractivity contribution in [2.45, 2.75) is 29.0 Å². The molecule has 1 spiro atoms. The van der Waals surface area contributed by atoms with Crippen LogP contribution in [0.4, 0.5) is 15.2 Å². The number of anilines is 2. The van der Waals surface area contributed by atoms with Gasteiger partial charge in [0.25, 0.3) is 0 Å². The first kappa shape index (κ1) is 19.7. The van der Waals surface area contributed by atoms with Crippen molar-refractivity contribution < 1.29 is 14.0 Å². The van der Waals surface area contributed by atoms with E-state index in [1.165, 1.54) is 41.3 Å². The van der Waals surface area contributed by atoms with Crippen LogP contribution in [0.15, 0.2) is 45.2 Å². The zero-order valence-corrected chi connectivity index (χ0v) is 17.9. The van der Waals surface area contributed by atoms with Gasteiger partial charge in [-0.05, 0) is 37.3 Å². The van der Waals surface area contributed by atoms with E-state index < -0.39 is 17.1 Å². The Morgan fingerprint density at radius 3 is 2.87 bits per heavy atom. The lowest BCUT2D eigenvalue weighted by atomic mass is 9.64. The van der Waals surface area contributed by atoms with Gasteiger partial charge in [0.15, 0.2) is 10.1 Å². The molecule has 3 aliphatic rings. The molecule has 156 valence electrons. The molecule has 1 aromatic heterocycles. The Bertz CT molecular complexity index is 1280. The number of Topliss-reactive ketones (excluding diaryl/α,β-unsaturated/α-hetero) is 1. The second-order valence-corrected chi connectivity index (χ2v) is 9.26. The lowest BCUT2D eigenvalue weighted by molar-refractivity contribution is -0.122. The van der Waals surface area contributed by atoms with Crippen LogP contribution in [0.2, 0.25) is 0 Å². The maximum atomic E-state index is 14.3. The SMILES string of the molecule is CSc1nnc(N2C(N)=C(C#N)C3(C(=O)Nc4ccc(F)cc43)C3=C2CCCC3=O)s1. The van der Waals surface area contributed by atoms with E-state index in [2.05, 4.69) is 15.5 Å². The minimum absolute atomic E-state index is 0.00739. The first-order valence-electron chi connectivity index (χ1n) is 9.39. The second-order valence-electron chi connectivity index (χ2n) is 7.25. The number of nitriles is 1. The number of ketones is 1. The Balaban J connectivity index is 1.87. The topological polar surface area (TPSA) is 125 Å². The molecule has 1 aliphatic carbocycles. The number of nitrogens with two attached hydrogens (primary N) is 1. The summed E-state index contributed by atoms with van der Waals surface area (Å²) in [5.41, 5.74) is 5.81. The first-order valence-corrected chi connectivity index (χ1v) is 11.4. The number of benzene rings is 1. The minimum atomic E-state index is -1.79. The lowest BCUT2D eigenvalue weighted by Crippen LogP contribution is -2.50. The maximum absolute atomic E-state index is 14.3. The predicted molar refractivity (Wildman–Crippen MR) is 114 cm³/mol. The highest BCUT2D eigenvalue weighted by Gasteiger charge is 2.60. The molecule has 8 nitrogen and oxygen atoms in total. The maximum Gasteiger partial charge on any atom is 0.245 e. The predicted octanol–water partition coefficient (Wildman–Crippen LogP) is 2.81. The summed E-state index contributed by atoms with van der Waals surface area (Å²) in [6, 6.07) is 5.88. The molecule has 3 heterocycles. The van der Waals surface area contributed by atoms with Crippen LogP contribution >= 0.6 is 23.1 Å². The largest absolute Gasteiger partial charge is 0.384 e. The highest BCUT2D eigenvalue weighted by molar-refractivity contribution is 8.00. The molecule has 31 heavy (non-hydrogen) atoms. The van der Waals surface area contributed by atoms with Crippen LogP contribution in [0.5, 0.6) is 0 Å². The molecule has 1 aromatic carbocycles. The summed E-state index contributed by atoms with van der Waals surface area (Å²) >= 11 is 2.68. The number of aromatic nitrogens is 2. The molecule has 2 aromatic rings. The van der Waals surface area contributed by atoms with Gasteiger partial charge in [-0.3, -0.25) is 14.5 Å². The van der Waals surface area contributed by atoms with E-state index in [9.17, 15) is 19.2 Å². The van der Waals surface area contributed by atoms with Gasteiger partial charge in [-0.1, -0.05) is 23.1 Å². The summed E-state index contributed by atoms with van der Waals surface area (Å²) in [5.74, 6) is -1.44. The number of carbonyl (C=O) groups is 2. The third-order valence-electron chi connectivity index (χ3n) is 5.75. The molecule has 1 amide bonds. The number of hydrogen-bond acceptors (Lipinski definition) is 9. The van der Waals surface area contributed by atoms with Crippen molar-refractivity contribution in [1.82, 2.24) is 10.2 Å². The van der Waals surface area contributed by atoms with Gasteiger partial charge in [0.1, 0.15) is 23.1 Å². The van der Waals surface area contributed by atoms with Crippen LogP contribution in [0.1, 0.15) is 24.8 Å². The average molecular weight is 455 g/mol. The van der Waals surface area contributed by atoms with E-state index in [0.717, 1.165) is 0 Å². The van der Waals surface area contributed by atoms with Crippen molar-refractivity contribution in [1.29, 1.82) is 5.26 Å². The number of hydrogen-bond donors (Lipinski definition) is 2. The fraction of sp³-hybridized carbons (Fsp3) is 0.250. The van der Waals surface area contributed by atoms with Gasteiger partial charge in [-0.15, -0.1) is 10.2 Å². The summed E-state index contributed by atoms with van der Waals surface area (Å²) in [5, 5.41) is 21.5. The first-order chi connectivity index (χ1) is 14.9. The van der Waals surface area contributed by atoms with Crippen molar-refractivity contribution >= 4 is 45.6 Å². The third-order valence-corrected chi connectivity index (χ3v) is 7.63. The van der Waals surface area contributed by atoms with E-state index >= 15 is 0 Å². The number of fused-ring (bicyclic) bond motifs is 3. The number of thioether (sulfide) groups is 1. The number of halogens is 1. The average Bonchev–Trinajstić information content (AvgIpc) is 3.32. The number of nitrogens with one attached hydrogen (secondary N) is 1. The van der Waals surface area contributed by atoms with Crippen LogP contribution in [0.25, 0.3) is 0 Å². The van der Waals surface area contributed by atoms with Crippen molar-refractivity contribution in [3.63, 3.8) is 0 Å². The van der Waals surface area contributed by atoms with Crippen molar-refractivity contribution in [2.75, 3.05) is 16.5 Å². The van der Waals surface area contributed by atoms with E-state index in [0.29, 0.717) is 33.7 Å². The van der Waals surface area contributed by atoms with Crippen LogP contribution < -0.4 is 16.0 Å². The Morgan fingerprint density at radius 2 is 2.16 bits per heavy atom. The molecule has 0 saturated carbocycles. The fourth-order valence-corrected chi connectivity index (χ4v) is 5.86. The zero-order valence-electron chi connectivity index (χ0n) is 16.2. The Morgan fingerprint density at radius 1 is 1.35 bits per heavy atom. The normalized spacial score (nSPS) is 22.5. The van der Waals surface area contributed by atoms with Crippen LogP contribution in [-0.4, -0.2) is 28.1 Å². The minimum Gasteiger partial charge on any atom is -0.384 e. The van der Waals surface area contributed by atoms with Gasteiger partial charge in [-0.25, -0.2) is 4.39 Å². The Kier molecular flexibility index (Phi) is 4.39. The molecule has 0 saturated heterocycles. The quantitative estimate of drug-likeness (QED) is 0.664. The molecular formula is C20H15FN6O2S2. The molecule has 5 rings (SSSR count). The molecule has 0 fully saturated rings. The van der Waals surface area contributed by atoms with Crippen molar-refractivity contribution in [3.05, 3.63) is 52.2 Å². The number of allylic oxidation sites excluding steroid dienone is 1. The monoisotopic (exact) mass is 454 g/mol. The summed E-state index contributed by atoms with van der Waals surface area (Å²) in [6.45, 7) is 0. The van der Waals surface area contributed by atoms with Gasteiger partial charge >= 0.3 is 0 Å². The smallest absolute Gasteiger partial charge is 0.245 e. The molecule has 0 bridgehead atoms. The summed E-state index contributed by atoms with van der Waals surface area (Å²) < 4.78 is 15.0. The van der Waals surface area contributed by atoms with Gasteiger partial charge < -0.3 is 11.1 Å². The fourth-order valence-electron chi connectivity index (χ4n) is 4.56. The van der Waals surface area contributed by atoms with E-state index in [-0.39, 0.29) is 34.7 Å². The van der Waals surface area contributed by atoms with Crippen molar-refractivity contribution in [3.8, 4) is 6.07 Å². The molecule has 11 heteroatoms. The highest BCUT2D eigenvalue weighted by Crippen LogP contribution is 2.55. The zero-order chi connectivity index (χ0) is 21.9. The third kappa shape index (κ3) is 2.52. The van der Waals surface area contributed by atoms with E-state index in [1.807, 2.05) is 12.3 Å². The van der Waals surface area contributed by atoms with Gasteiger partial charge in [0.05, 0.1) is 5.57 Å². The lowest BCUT2D eigenvalue weighted by Gasteiger charge is -2.42. The summed E-state index contributed by atoms with van der Waals surface area (Å²) in [4.78, 5) is 28.2. The van der Waals surface area contributed by atoms with E-state index in [4.69, 9.17) is 5.73 Å². The molecule has 1 unspecified atom stereocenters. The number of nitrogens with zero attached hydrogens (tertiary/aromatic N) is 4.